The zero-order chi connectivity index (χ0) is 9.11. The van der Waals surface area contributed by atoms with Crippen molar-refractivity contribution in [1.82, 2.24) is 4.90 Å². The highest BCUT2D eigenvalue weighted by molar-refractivity contribution is 4.70. The van der Waals surface area contributed by atoms with Gasteiger partial charge in [-0.05, 0) is 20.0 Å². The molecule has 0 aliphatic heterocycles. The lowest BCUT2D eigenvalue weighted by Gasteiger charge is -2.12. The van der Waals surface area contributed by atoms with Crippen molar-refractivity contribution in [2.24, 2.45) is 0 Å². The summed E-state index contributed by atoms with van der Waals surface area (Å²) in [7, 11) is 2.12. The molecule has 11 heavy (non-hydrogen) atoms. The summed E-state index contributed by atoms with van der Waals surface area (Å²) in [6, 6.07) is 0. The predicted octanol–water partition coefficient (Wildman–Crippen LogP) is 2.93. The van der Waals surface area contributed by atoms with Crippen LogP contribution >= 0.6 is 0 Å². The molecule has 0 unspecified atom stereocenters. The first-order valence-corrected chi connectivity index (χ1v) is 4.60. The molecule has 0 N–H and O–H groups in total. The van der Waals surface area contributed by atoms with Gasteiger partial charge in [0.05, 0.1) is 0 Å². The molecule has 0 atom stereocenters. The lowest BCUT2D eigenvalue weighted by atomic mass is 10.3. The smallest absolute Gasteiger partial charge is 0.0157 e. The Morgan fingerprint density at radius 2 is 1.91 bits per heavy atom. The van der Waals surface area contributed by atoms with E-state index in [-0.39, 0.29) is 0 Å². The highest BCUT2D eigenvalue weighted by Crippen LogP contribution is 1.90. The van der Waals surface area contributed by atoms with Crippen LogP contribution in [0.3, 0.4) is 0 Å². The SMILES string of the molecule is C=CCN(C)CCCC.CC. The Bertz CT molecular complexity index is 69.3. The number of hydrogen-bond acceptors (Lipinski definition) is 1. The van der Waals surface area contributed by atoms with Crippen LogP contribution in [-0.4, -0.2) is 25.0 Å². The average molecular weight is 157 g/mol. The van der Waals surface area contributed by atoms with Crippen LogP contribution in [0.5, 0.6) is 0 Å². The van der Waals surface area contributed by atoms with Crippen LogP contribution in [0.15, 0.2) is 12.7 Å². The number of hydrogen-bond donors (Lipinski definition) is 0. The fourth-order valence-corrected chi connectivity index (χ4v) is 0.740. The van der Waals surface area contributed by atoms with E-state index in [1.54, 1.807) is 0 Å². The largest absolute Gasteiger partial charge is 0.303 e. The van der Waals surface area contributed by atoms with Crippen molar-refractivity contribution < 1.29 is 0 Å². The molecule has 1 heteroatoms. The molecule has 0 fully saturated rings. The van der Waals surface area contributed by atoms with E-state index in [2.05, 4.69) is 25.5 Å². The van der Waals surface area contributed by atoms with E-state index in [0.29, 0.717) is 0 Å². The van der Waals surface area contributed by atoms with E-state index in [1.807, 2.05) is 19.9 Å². The van der Waals surface area contributed by atoms with Gasteiger partial charge in [0.1, 0.15) is 0 Å². The van der Waals surface area contributed by atoms with E-state index in [4.69, 9.17) is 0 Å². The Kier molecular flexibility index (Phi) is 15.0. The standard InChI is InChI=1S/C8H17N.C2H6/c1-4-6-8-9(3)7-5-2;1-2/h5H,2,4,6-8H2,1,3H3;1-2H3. The first kappa shape index (κ1) is 13.3. The number of rotatable bonds is 5. The summed E-state index contributed by atoms with van der Waals surface area (Å²) in [5, 5.41) is 0. The number of likely N-dealkylation sites (N-methyl/N-ethyl adjacent to an activating group) is 1. The van der Waals surface area contributed by atoms with Crippen molar-refractivity contribution in [3.05, 3.63) is 12.7 Å². The van der Waals surface area contributed by atoms with Gasteiger partial charge in [-0.15, -0.1) is 6.58 Å². The first-order chi connectivity index (χ1) is 5.31. The molecular formula is C10H23N. The van der Waals surface area contributed by atoms with Crippen LogP contribution in [0.1, 0.15) is 33.6 Å². The lowest BCUT2D eigenvalue weighted by Crippen LogP contribution is -2.18. The van der Waals surface area contributed by atoms with Crippen molar-refractivity contribution in [3.8, 4) is 0 Å². The van der Waals surface area contributed by atoms with E-state index in [1.165, 1.54) is 19.4 Å². The summed E-state index contributed by atoms with van der Waals surface area (Å²) in [5.41, 5.74) is 0. The Labute approximate surface area is 72.1 Å². The summed E-state index contributed by atoms with van der Waals surface area (Å²) in [6.07, 6.45) is 4.52. The molecule has 0 bridgehead atoms. The van der Waals surface area contributed by atoms with Crippen LogP contribution in [0.4, 0.5) is 0 Å². The van der Waals surface area contributed by atoms with Gasteiger partial charge in [-0.25, -0.2) is 0 Å². The average Bonchev–Trinajstić information content (AvgIpc) is 2.05. The third-order valence-corrected chi connectivity index (χ3v) is 1.33. The summed E-state index contributed by atoms with van der Waals surface area (Å²) in [6.45, 7) is 12.1. The highest BCUT2D eigenvalue weighted by atomic mass is 15.1. The van der Waals surface area contributed by atoms with Gasteiger partial charge in [0.25, 0.3) is 0 Å². The van der Waals surface area contributed by atoms with Crippen LogP contribution < -0.4 is 0 Å². The normalized spacial score (nSPS) is 8.82. The summed E-state index contributed by atoms with van der Waals surface area (Å²) < 4.78 is 0. The second-order valence-corrected chi connectivity index (χ2v) is 2.40. The molecular weight excluding hydrogens is 134 g/mol. The van der Waals surface area contributed by atoms with E-state index < -0.39 is 0 Å². The molecule has 0 aromatic heterocycles. The van der Waals surface area contributed by atoms with Crippen molar-refractivity contribution in [2.45, 2.75) is 33.6 Å². The van der Waals surface area contributed by atoms with Crippen LogP contribution in [0.2, 0.25) is 0 Å². The molecule has 0 aromatic carbocycles. The monoisotopic (exact) mass is 157 g/mol. The lowest BCUT2D eigenvalue weighted by molar-refractivity contribution is 0.362. The van der Waals surface area contributed by atoms with Crippen molar-refractivity contribution in [2.75, 3.05) is 20.1 Å². The van der Waals surface area contributed by atoms with Crippen LogP contribution in [0.25, 0.3) is 0 Å². The Balaban J connectivity index is 0. The number of nitrogens with zero attached hydrogens (tertiary/aromatic N) is 1. The third kappa shape index (κ3) is 12.8. The molecule has 0 aliphatic rings. The van der Waals surface area contributed by atoms with Gasteiger partial charge >= 0.3 is 0 Å². The summed E-state index contributed by atoms with van der Waals surface area (Å²) >= 11 is 0. The first-order valence-electron chi connectivity index (χ1n) is 4.60. The molecule has 0 aromatic rings. The Hall–Kier alpha value is -0.300. The van der Waals surface area contributed by atoms with Crippen molar-refractivity contribution in [3.63, 3.8) is 0 Å². The predicted molar refractivity (Wildman–Crippen MR) is 54.0 cm³/mol. The van der Waals surface area contributed by atoms with Gasteiger partial charge in [0, 0.05) is 6.54 Å². The fraction of sp³-hybridized carbons (Fsp3) is 0.800. The molecule has 0 radical (unpaired) electrons. The molecule has 0 heterocycles. The minimum absolute atomic E-state index is 1.01. The van der Waals surface area contributed by atoms with Gasteiger partial charge in [-0.3, -0.25) is 0 Å². The highest BCUT2D eigenvalue weighted by Gasteiger charge is 1.90. The van der Waals surface area contributed by atoms with Gasteiger partial charge < -0.3 is 4.90 Å². The zero-order valence-electron chi connectivity index (χ0n) is 8.56. The summed E-state index contributed by atoms with van der Waals surface area (Å²) in [4.78, 5) is 2.27. The quantitative estimate of drug-likeness (QED) is 0.555. The van der Waals surface area contributed by atoms with Crippen molar-refractivity contribution in [1.29, 1.82) is 0 Å². The van der Waals surface area contributed by atoms with Gasteiger partial charge in [0.2, 0.25) is 0 Å². The maximum absolute atomic E-state index is 3.67. The molecule has 0 saturated heterocycles. The van der Waals surface area contributed by atoms with Crippen LogP contribution in [0, 0.1) is 0 Å². The molecule has 1 nitrogen and oxygen atoms in total. The van der Waals surface area contributed by atoms with Gasteiger partial charge in [0.15, 0.2) is 0 Å². The second kappa shape index (κ2) is 12.4. The zero-order valence-corrected chi connectivity index (χ0v) is 8.56. The molecule has 0 spiro atoms. The minimum Gasteiger partial charge on any atom is -0.303 e. The van der Waals surface area contributed by atoms with Crippen LogP contribution in [-0.2, 0) is 0 Å². The molecule has 0 aliphatic carbocycles. The number of unbranched alkanes of at least 4 members (excludes halogenated alkanes) is 1. The summed E-state index contributed by atoms with van der Waals surface area (Å²) in [5.74, 6) is 0. The molecule has 68 valence electrons. The third-order valence-electron chi connectivity index (χ3n) is 1.33. The second-order valence-electron chi connectivity index (χ2n) is 2.40. The van der Waals surface area contributed by atoms with Crippen molar-refractivity contribution >= 4 is 0 Å². The molecule has 0 amide bonds. The maximum Gasteiger partial charge on any atom is 0.0157 e. The maximum atomic E-state index is 3.67. The Morgan fingerprint density at radius 1 is 1.36 bits per heavy atom. The van der Waals surface area contributed by atoms with E-state index >= 15 is 0 Å². The topological polar surface area (TPSA) is 3.24 Å². The minimum atomic E-state index is 1.01. The van der Waals surface area contributed by atoms with E-state index in [9.17, 15) is 0 Å². The molecule has 0 rings (SSSR count). The van der Waals surface area contributed by atoms with Gasteiger partial charge in [-0.1, -0.05) is 33.3 Å². The molecule has 0 saturated carbocycles. The fourth-order valence-electron chi connectivity index (χ4n) is 0.740. The van der Waals surface area contributed by atoms with E-state index in [0.717, 1.165) is 6.54 Å². The Morgan fingerprint density at radius 3 is 2.27 bits per heavy atom. The van der Waals surface area contributed by atoms with Gasteiger partial charge in [-0.2, -0.15) is 0 Å².